The van der Waals surface area contributed by atoms with Crippen LogP contribution in [0.25, 0.3) is 0 Å². The van der Waals surface area contributed by atoms with E-state index in [1.807, 2.05) is 12.1 Å². The fourth-order valence-corrected chi connectivity index (χ4v) is 2.92. The van der Waals surface area contributed by atoms with E-state index in [9.17, 15) is 10.2 Å². The lowest BCUT2D eigenvalue weighted by atomic mass is 9.86. The van der Waals surface area contributed by atoms with Gasteiger partial charge in [0.05, 0.1) is 21.3 Å². The van der Waals surface area contributed by atoms with Crippen molar-refractivity contribution in [2.75, 3.05) is 21.3 Å². The van der Waals surface area contributed by atoms with Gasteiger partial charge < -0.3 is 24.4 Å². The Bertz CT molecular complexity index is 671. The maximum Gasteiger partial charge on any atom is 0.203 e. The molecule has 0 amide bonds. The highest BCUT2D eigenvalue weighted by Crippen LogP contribution is 2.44. The molecule has 2 rings (SSSR count). The van der Waals surface area contributed by atoms with E-state index in [0.29, 0.717) is 17.2 Å². The Hall–Kier alpha value is -2.56. The van der Waals surface area contributed by atoms with Gasteiger partial charge in [-0.2, -0.15) is 0 Å². The van der Waals surface area contributed by atoms with Crippen LogP contribution < -0.4 is 14.2 Å². The Morgan fingerprint density at radius 3 is 2.00 bits per heavy atom. The summed E-state index contributed by atoms with van der Waals surface area (Å²) < 4.78 is 16.2. The van der Waals surface area contributed by atoms with Crippen molar-refractivity contribution in [3.63, 3.8) is 0 Å². The average Bonchev–Trinajstić information content (AvgIpc) is 2.59. The van der Waals surface area contributed by atoms with Crippen molar-refractivity contribution in [2.45, 2.75) is 25.7 Å². The lowest BCUT2D eigenvalue weighted by Crippen LogP contribution is -2.04. The molecule has 1 atom stereocenters. The molecule has 1 unspecified atom stereocenters. The minimum absolute atomic E-state index is 0.0383. The van der Waals surface area contributed by atoms with Crippen LogP contribution in [0, 0.1) is 0 Å². The van der Waals surface area contributed by atoms with Crippen molar-refractivity contribution < 1.29 is 24.4 Å². The highest BCUT2D eigenvalue weighted by atomic mass is 16.5. The number of ether oxygens (including phenoxy) is 3. The minimum Gasteiger partial charge on any atom is -0.508 e. The third-order valence-electron chi connectivity index (χ3n) is 4.06. The molecule has 0 bridgehead atoms. The van der Waals surface area contributed by atoms with Gasteiger partial charge >= 0.3 is 0 Å². The molecule has 0 aromatic heterocycles. The summed E-state index contributed by atoms with van der Waals surface area (Å²) in [5, 5.41) is 19.8. The van der Waals surface area contributed by atoms with Gasteiger partial charge in [-0.25, -0.2) is 0 Å². The first kappa shape index (κ1) is 17.8. The molecule has 0 saturated heterocycles. The average molecular weight is 332 g/mol. The van der Waals surface area contributed by atoms with Crippen molar-refractivity contribution in [1.82, 2.24) is 0 Å². The van der Waals surface area contributed by atoms with Crippen LogP contribution in [0.15, 0.2) is 30.3 Å². The Morgan fingerprint density at radius 2 is 1.54 bits per heavy atom. The second kappa shape index (κ2) is 7.81. The molecule has 0 aliphatic rings. The van der Waals surface area contributed by atoms with Crippen LogP contribution in [0.4, 0.5) is 0 Å². The summed E-state index contributed by atoms with van der Waals surface area (Å²) in [7, 11) is 4.72. The highest BCUT2D eigenvalue weighted by Gasteiger charge is 2.22. The van der Waals surface area contributed by atoms with Crippen molar-refractivity contribution in [2.24, 2.45) is 0 Å². The van der Waals surface area contributed by atoms with Crippen LogP contribution in [0.3, 0.4) is 0 Å². The molecule has 0 radical (unpaired) electrons. The predicted octanol–water partition coefficient (Wildman–Crippen LogP) is 4.06. The van der Waals surface area contributed by atoms with Crippen LogP contribution in [0.5, 0.6) is 28.7 Å². The second-order valence-electron chi connectivity index (χ2n) is 5.54. The van der Waals surface area contributed by atoms with E-state index < -0.39 is 0 Å². The van der Waals surface area contributed by atoms with E-state index in [0.717, 1.165) is 24.0 Å². The van der Waals surface area contributed by atoms with Gasteiger partial charge in [-0.3, -0.25) is 0 Å². The molecule has 2 aromatic rings. The minimum atomic E-state index is -0.0516. The monoisotopic (exact) mass is 332 g/mol. The van der Waals surface area contributed by atoms with Crippen LogP contribution in [0.1, 0.15) is 36.8 Å². The second-order valence-corrected chi connectivity index (χ2v) is 5.54. The standard InChI is InChI=1S/C19H24O5/c1-5-6-14(15-8-7-13(20)11-16(15)21)12-9-17(22-2)19(24-4)18(10-12)23-3/h7-11,14,20-21H,5-6H2,1-4H3. The quantitative estimate of drug-likeness (QED) is 0.800. The normalized spacial score (nSPS) is 11.8. The smallest absolute Gasteiger partial charge is 0.203 e. The first-order chi connectivity index (χ1) is 11.5. The third kappa shape index (κ3) is 3.50. The largest absolute Gasteiger partial charge is 0.508 e. The number of hydrogen-bond acceptors (Lipinski definition) is 5. The molecule has 0 fully saturated rings. The summed E-state index contributed by atoms with van der Waals surface area (Å²) in [5.74, 6) is 1.74. The van der Waals surface area contributed by atoms with Gasteiger partial charge in [-0.1, -0.05) is 19.4 Å². The molecular formula is C19H24O5. The van der Waals surface area contributed by atoms with Crippen molar-refractivity contribution in [1.29, 1.82) is 0 Å². The number of phenolic OH excluding ortho intramolecular Hbond substituents is 2. The van der Waals surface area contributed by atoms with E-state index in [1.54, 1.807) is 33.5 Å². The summed E-state index contributed by atoms with van der Waals surface area (Å²) in [5.41, 5.74) is 1.70. The van der Waals surface area contributed by atoms with E-state index in [1.165, 1.54) is 6.07 Å². The molecule has 2 aromatic carbocycles. The zero-order valence-electron chi connectivity index (χ0n) is 14.5. The number of methoxy groups -OCH3 is 3. The van der Waals surface area contributed by atoms with Crippen LogP contribution in [-0.4, -0.2) is 31.5 Å². The van der Waals surface area contributed by atoms with E-state index in [-0.39, 0.29) is 17.4 Å². The zero-order valence-corrected chi connectivity index (χ0v) is 14.5. The maximum absolute atomic E-state index is 10.3. The first-order valence-corrected chi connectivity index (χ1v) is 7.87. The Balaban J connectivity index is 2.59. The van der Waals surface area contributed by atoms with Crippen molar-refractivity contribution in [3.05, 3.63) is 41.5 Å². The summed E-state index contributed by atoms with van der Waals surface area (Å²) in [6, 6.07) is 8.47. The number of benzene rings is 2. The van der Waals surface area contributed by atoms with Crippen LogP contribution in [-0.2, 0) is 0 Å². The predicted molar refractivity (Wildman–Crippen MR) is 92.6 cm³/mol. The van der Waals surface area contributed by atoms with Crippen LogP contribution in [0.2, 0.25) is 0 Å². The number of hydrogen-bond donors (Lipinski definition) is 2. The lowest BCUT2D eigenvalue weighted by Gasteiger charge is -2.21. The van der Waals surface area contributed by atoms with Gasteiger partial charge in [-0.15, -0.1) is 0 Å². The summed E-state index contributed by atoms with van der Waals surface area (Å²) in [6.45, 7) is 2.09. The SMILES string of the molecule is CCCC(c1cc(OC)c(OC)c(OC)c1)c1ccc(O)cc1O. The fourth-order valence-electron chi connectivity index (χ4n) is 2.92. The van der Waals surface area contributed by atoms with Crippen molar-refractivity contribution >= 4 is 0 Å². The molecule has 24 heavy (non-hydrogen) atoms. The Morgan fingerprint density at radius 1 is 0.917 bits per heavy atom. The van der Waals surface area contributed by atoms with E-state index in [2.05, 4.69) is 6.92 Å². The number of aromatic hydroxyl groups is 2. The molecule has 130 valence electrons. The molecule has 0 aliphatic carbocycles. The molecule has 0 aliphatic heterocycles. The van der Waals surface area contributed by atoms with Gasteiger partial charge in [0, 0.05) is 17.5 Å². The van der Waals surface area contributed by atoms with Gasteiger partial charge in [0.2, 0.25) is 5.75 Å². The zero-order chi connectivity index (χ0) is 17.7. The van der Waals surface area contributed by atoms with Gasteiger partial charge in [-0.05, 0) is 30.2 Å². The summed E-state index contributed by atoms with van der Waals surface area (Å²) in [4.78, 5) is 0. The van der Waals surface area contributed by atoms with Gasteiger partial charge in [0.15, 0.2) is 11.5 Å². The molecular weight excluding hydrogens is 308 g/mol. The van der Waals surface area contributed by atoms with Gasteiger partial charge in [0.25, 0.3) is 0 Å². The Labute approximate surface area is 142 Å². The fraction of sp³-hybridized carbons (Fsp3) is 0.368. The number of rotatable bonds is 7. The first-order valence-electron chi connectivity index (χ1n) is 7.87. The third-order valence-corrected chi connectivity index (χ3v) is 4.06. The lowest BCUT2D eigenvalue weighted by molar-refractivity contribution is 0.323. The molecule has 0 saturated carbocycles. The molecule has 2 N–H and O–H groups in total. The van der Waals surface area contributed by atoms with Gasteiger partial charge in [0.1, 0.15) is 11.5 Å². The number of phenols is 2. The van der Waals surface area contributed by atoms with Crippen molar-refractivity contribution in [3.8, 4) is 28.7 Å². The highest BCUT2D eigenvalue weighted by molar-refractivity contribution is 5.56. The van der Waals surface area contributed by atoms with Crippen LogP contribution >= 0.6 is 0 Å². The van der Waals surface area contributed by atoms with E-state index >= 15 is 0 Å². The molecule has 0 heterocycles. The Kier molecular flexibility index (Phi) is 5.79. The molecule has 5 nitrogen and oxygen atoms in total. The topological polar surface area (TPSA) is 68.2 Å². The summed E-state index contributed by atoms with van der Waals surface area (Å²) in [6.07, 6.45) is 1.76. The van der Waals surface area contributed by atoms with E-state index in [4.69, 9.17) is 14.2 Å². The maximum atomic E-state index is 10.3. The summed E-state index contributed by atoms with van der Waals surface area (Å²) >= 11 is 0. The molecule has 0 spiro atoms. The molecule has 5 heteroatoms.